The molecule has 1 amide bonds. The molecule has 0 spiro atoms. The quantitative estimate of drug-likeness (QED) is 0.730. The molecule has 0 bridgehead atoms. The summed E-state index contributed by atoms with van der Waals surface area (Å²) in [7, 11) is 4.08. The van der Waals surface area contributed by atoms with Crippen molar-refractivity contribution in [2.45, 2.75) is 0 Å². The van der Waals surface area contributed by atoms with Gasteiger partial charge in [-0.05, 0) is 38.4 Å². The number of rotatable bonds is 8. The Morgan fingerprint density at radius 3 is 2.00 bits per heavy atom. The molecule has 0 aliphatic carbocycles. The highest BCUT2D eigenvalue weighted by molar-refractivity contribution is 7.92. The summed E-state index contributed by atoms with van der Waals surface area (Å²) in [4.78, 5) is 15.8. The summed E-state index contributed by atoms with van der Waals surface area (Å²) in [5.41, 5.74) is 1.43. The summed E-state index contributed by atoms with van der Waals surface area (Å²) in [6.45, 7) is 0.943. The molecule has 0 radical (unpaired) electrons. The average molecular weight is 342 g/mol. The topological polar surface area (TPSA) is 73.0 Å². The van der Waals surface area contributed by atoms with Gasteiger partial charge < -0.3 is 15.1 Å². The van der Waals surface area contributed by atoms with E-state index in [2.05, 4.69) is 5.32 Å². The van der Waals surface area contributed by atoms with E-state index in [9.17, 15) is 13.2 Å². The molecular weight excluding hydrogens is 316 g/mol. The lowest BCUT2D eigenvalue weighted by Crippen LogP contribution is -2.42. The maximum atomic E-state index is 12.0. The number of carbonyl (C=O) groups is 1. The summed E-state index contributed by atoms with van der Waals surface area (Å²) < 4.78 is 25.1. The molecule has 1 aromatic carbocycles. The first-order valence-electron chi connectivity index (χ1n) is 7.28. The molecule has 1 rings (SSSR count). The zero-order chi connectivity index (χ0) is 17.6. The van der Waals surface area contributed by atoms with Crippen molar-refractivity contribution >= 4 is 27.3 Å². The van der Waals surface area contributed by atoms with E-state index in [4.69, 9.17) is 0 Å². The van der Waals surface area contributed by atoms with Gasteiger partial charge in [0.2, 0.25) is 15.9 Å². The van der Waals surface area contributed by atoms with Crippen molar-refractivity contribution in [1.29, 1.82) is 0 Å². The average Bonchev–Trinajstić information content (AvgIpc) is 2.43. The number of benzene rings is 1. The first kappa shape index (κ1) is 19.2. The molecule has 0 aromatic heterocycles. The zero-order valence-corrected chi connectivity index (χ0v) is 15.2. The molecule has 130 valence electrons. The number of nitrogens with zero attached hydrogens (tertiary/aromatic N) is 3. The van der Waals surface area contributed by atoms with Crippen molar-refractivity contribution in [3.05, 3.63) is 24.3 Å². The molecule has 1 N–H and O–H groups in total. The lowest BCUT2D eigenvalue weighted by Gasteiger charge is -2.23. The third-order valence-electron chi connectivity index (χ3n) is 3.22. The molecule has 23 heavy (non-hydrogen) atoms. The largest absolute Gasteiger partial charge is 0.378 e. The fourth-order valence-corrected chi connectivity index (χ4v) is 2.78. The van der Waals surface area contributed by atoms with Crippen LogP contribution in [0.5, 0.6) is 0 Å². The van der Waals surface area contributed by atoms with Crippen LogP contribution in [0, 0.1) is 0 Å². The van der Waals surface area contributed by atoms with Crippen LogP contribution >= 0.6 is 0 Å². The second-order valence-electron chi connectivity index (χ2n) is 5.83. The van der Waals surface area contributed by atoms with Crippen LogP contribution in [0.4, 0.5) is 11.4 Å². The minimum absolute atomic E-state index is 0.229. The molecule has 0 saturated heterocycles. The molecule has 8 heteroatoms. The van der Waals surface area contributed by atoms with Crippen molar-refractivity contribution in [1.82, 2.24) is 10.2 Å². The summed E-state index contributed by atoms with van der Waals surface area (Å²) in [6, 6.07) is 7.03. The Bertz CT molecular complexity index is 612. The highest BCUT2D eigenvalue weighted by atomic mass is 32.2. The first-order chi connectivity index (χ1) is 10.6. The zero-order valence-electron chi connectivity index (χ0n) is 14.4. The summed E-state index contributed by atoms with van der Waals surface area (Å²) >= 11 is 0. The van der Waals surface area contributed by atoms with Gasteiger partial charge in [-0.3, -0.25) is 9.10 Å². The van der Waals surface area contributed by atoms with E-state index in [-0.39, 0.29) is 12.5 Å². The number of anilines is 2. The molecular formula is C15H26N4O3S. The molecule has 0 unspecified atom stereocenters. The van der Waals surface area contributed by atoms with Gasteiger partial charge in [0.15, 0.2) is 0 Å². The smallest absolute Gasteiger partial charge is 0.240 e. The van der Waals surface area contributed by atoms with Gasteiger partial charge in [0.05, 0.1) is 11.9 Å². The Morgan fingerprint density at radius 2 is 1.57 bits per heavy atom. The Balaban J connectivity index is 2.83. The van der Waals surface area contributed by atoms with Gasteiger partial charge in [0.1, 0.15) is 6.54 Å². The van der Waals surface area contributed by atoms with E-state index < -0.39 is 10.0 Å². The lowest BCUT2D eigenvalue weighted by molar-refractivity contribution is -0.119. The predicted octanol–water partition coefficient (Wildman–Crippen LogP) is 0.196. The molecule has 0 saturated carbocycles. The van der Waals surface area contributed by atoms with Crippen LogP contribution in [-0.4, -0.2) is 73.3 Å². The summed E-state index contributed by atoms with van der Waals surface area (Å²) in [5, 5.41) is 2.72. The number of carbonyl (C=O) groups excluding carboxylic acids is 1. The van der Waals surface area contributed by atoms with Gasteiger partial charge in [-0.25, -0.2) is 8.42 Å². The number of amides is 1. The van der Waals surface area contributed by atoms with Gasteiger partial charge in [0.25, 0.3) is 0 Å². The molecule has 0 heterocycles. The van der Waals surface area contributed by atoms with Crippen LogP contribution in [0.25, 0.3) is 0 Å². The lowest BCUT2D eigenvalue weighted by atomic mass is 10.2. The number of hydrogen-bond acceptors (Lipinski definition) is 5. The fourth-order valence-electron chi connectivity index (χ4n) is 1.92. The Labute approximate surface area is 138 Å². The van der Waals surface area contributed by atoms with Crippen LogP contribution in [0.3, 0.4) is 0 Å². The number of nitrogens with one attached hydrogen (secondary N) is 1. The monoisotopic (exact) mass is 342 g/mol. The minimum Gasteiger partial charge on any atom is -0.378 e. The van der Waals surface area contributed by atoms with E-state index in [0.717, 1.165) is 16.2 Å². The second-order valence-corrected chi connectivity index (χ2v) is 7.74. The standard InChI is InChI=1S/C15H26N4O3S/c1-17(2)11-10-16-15(20)12-19(23(5,21)22)14-8-6-13(7-9-14)18(3)4/h6-9H,10-12H2,1-5H3,(H,16,20). The summed E-state index contributed by atoms with van der Waals surface area (Å²) in [6.07, 6.45) is 1.10. The van der Waals surface area contributed by atoms with Crippen molar-refractivity contribution in [3.63, 3.8) is 0 Å². The normalized spacial score (nSPS) is 11.4. The van der Waals surface area contributed by atoms with Crippen molar-refractivity contribution < 1.29 is 13.2 Å². The van der Waals surface area contributed by atoms with Crippen LogP contribution < -0.4 is 14.5 Å². The highest BCUT2D eigenvalue weighted by Crippen LogP contribution is 2.21. The van der Waals surface area contributed by atoms with E-state index in [1.807, 2.05) is 50.1 Å². The molecule has 0 atom stereocenters. The van der Waals surface area contributed by atoms with Crippen molar-refractivity contribution in [2.75, 3.05) is 63.3 Å². The van der Waals surface area contributed by atoms with Gasteiger partial charge in [0, 0.05) is 32.9 Å². The number of hydrogen-bond donors (Lipinski definition) is 1. The Kier molecular flexibility index (Phi) is 6.83. The van der Waals surface area contributed by atoms with Crippen LogP contribution in [-0.2, 0) is 14.8 Å². The maximum absolute atomic E-state index is 12.0. The SMILES string of the molecule is CN(C)CCNC(=O)CN(c1ccc(N(C)C)cc1)S(C)(=O)=O. The van der Waals surface area contributed by atoms with Crippen LogP contribution in [0.2, 0.25) is 0 Å². The third kappa shape index (κ3) is 6.45. The van der Waals surface area contributed by atoms with Crippen LogP contribution in [0.15, 0.2) is 24.3 Å². The molecule has 7 nitrogen and oxygen atoms in total. The van der Waals surface area contributed by atoms with E-state index in [0.29, 0.717) is 18.8 Å². The van der Waals surface area contributed by atoms with Gasteiger partial charge in [-0.15, -0.1) is 0 Å². The van der Waals surface area contributed by atoms with E-state index >= 15 is 0 Å². The van der Waals surface area contributed by atoms with Crippen molar-refractivity contribution in [2.24, 2.45) is 0 Å². The van der Waals surface area contributed by atoms with Gasteiger partial charge >= 0.3 is 0 Å². The minimum atomic E-state index is -3.54. The van der Waals surface area contributed by atoms with Gasteiger partial charge in [-0.2, -0.15) is 0 Å². The molecule has 0 aliphatic heterocycles. The fraction of sp³-hybridized carbons (Fsp3) is 0.533. The highest BCUT2D eigenvalue weighted by Gasteiger charge is 2.20. The molecule has 0 fully saturated rings. The Hall–Kier alpha value is -1.80. The molecule has 0 aliphatic rings. The van der Waals surface area contributed by atoms with Crippen LogP contribution in [0.1, 0.15) is 0 Å². The van der Waals surface area contributed by atoms with Crippen molar-refractivity contribution in [3.8, 4) is 0 Å². The molecule has 1 aromatic rings. The second kappa shape index (κ2) is 8.16. The predicted molar refractivity (Wildman–Crippen MR) is 94.5 cm³/mol. The first-order valence-corrected chi connectivity index (χ1v) is 9.12. The summed E-state index contributed by atoms with van der Waals surface area (Å²) in [5.74, 6) is -0.325. The van der Waals surface area contributed by atoms with E-state index in [1.165, 1.54) is 0 Å². The number of likely N-dealkylation sites (N-methyl/N-ethyl adjacent to an activating group) is 1. The van der Waals surface area contributed by atoms with E-state index in [1.54, 1.807) is 12.1 Å². The Morgan fingerprint density at radius 1 is 1.04 bits per heavy atom. The maximum Gasteiger partial charge on any atom is 0.240 e. The van der Waals surface area contributed by atoms with Gasteiger partial charge in [-0.1, -0.05) is 0 Å². The number of sulfonamides is 1. The third-order valence-corrected chi connectivity index (χ3v) is 4.36.